The van der Waals surface area contributed by atoms with Crippen LogP contribution in [0.15, 0.2) is 0 Å². The second-order valence-corrected chi connectivity index (χ2v) is 6.02. The lowest BCUT2D eigenvalue weighted by Gasteiger charge is -2.24. The first kappa shape index (κ1) is 16.5. The number of rotatable bonds is 7. The van der Waals surface area contributed by atoms with Gasteiger partial charge in [-0.15, -0.1) is 0 Å². The van der Waals surface area contributed by atoms with Crippen LogP contribution in [0, 0.1) is 0 Å². The van der Waals surface area contributed by atoms with Crippen LogP contribution in [0.25, 0.3) is 0 Å². The van der Waals surface area contributed by atoms with Crippen LogP contribution in [0.3, 0.4) is 0 Å². The molecule has 1 aliphatic heterocycles. The number of hydrogen-bond donors (Lipinski definition) is 0. The van der Waals surface area contributed by atoms with Crippen LogP contribution in [0.4, 0.5) is 0 Å². The lowest BCUT2D eigenvalue weighted by atomic mass is 10.1. The second-order valence-electron chi connectivity index (χ2n) is 6.02. The first-order chi connectivity index (χ1) is 9.34. The molecular formula is C17H33NO. The van der Waals surface area contributed by atoms with Crippen molar-refractivity contribution in [1.29, 1.82) is 0 Å². The fourth-order valence-electron chi connectivity index (χ4n) is 2.89. The van der Waals surface area contributed by atoms with E-state index in [0.717, 1.165) is 25.9 Å². The molecule has 0 atom stereocenters. The van der Waals surface area contributed by atoms with Gasteiger partial charge in [-0.05, 0) is 19.3 Å². The number of carbonyl (C=O) groups is 1. The highest BCUT2D eigenvalue weighted by Crippen LogP contribution is 2.14. The van der Waals surface area contributed by atoms with Crippen LogP contribution >= 0.6 is 0 Å². The third-order valence-electron chi connectivity index (χ3n) is 4.20. The van der Waals surface area contributed by atoms with Crippen molar-refractivity contribution in [2.75, 3.05) is 13.1 Å². The molecule has 0 aromatic rings. The fraction of sp³-hybridized carbons (Fsp3) is 0.941. The van der Waals surface area contributed by atoms with Crippen LogP contribution in [0.1, 0.15) is 90.4 Å². The Labute approximate surface area is 119 Å². The third-order valence-corrected chi connectivity index (χ3v) is 4.20. The Morgan fingerprint density at radius 2 is 1.47 bits per heavy atom. The number of hydrogen-bond acceptors (Lipinski definition) is 1. The molecule has 1 fully saturated rings. The zero-order valence-electron chi connectivity index (χ0n) is 13.0. The Kier molecular flexibility index (Phi) is 9.84. The first-order valence-electron chi connectivity index (χ1n) is 8.62. The molecule has 112 valence electrons. The van der Waals surface area contributed by atoms with Crippen LogP contribution < -0.4 is 0 Å². The van der Waals surface area contributed by atoms with E-state index in [-0.39, 0.29) is 0 Å². The Morgan fingerprint density at radius 3 is 2.26 bits per heavy atom. The molecule has 0 saturated carbocycles. The molecule has 0 aliphatic carbocycles. The monoisotopic (exact) mass is 267 g/mol. The van der Waals surface area contributed by atoms with Crippen LogP contribution in [0.5, 0.6) is 0 Å². The topological polar surface area (TPSA) is 20.3 Å². The van der Waals surface area contributed by atoms with Gasteiger partial charge in [0.2, 0.25) is 5.91 Å². The minimum absolute atomic E-state index is 0.412. The van der Waals surface area contributed by atoms with Gasteiger partial charge in [-0.2, -0.15) is 0 Å². The number of carbonyl (C=O) groups excluding carboxylic acids is 1. The highest BCUT2D eigenvalue weighted by atomic mass is 16.2. The Hall–Kier alpha value is -0.530. The smallest absolute Gasteiger partial charge is 0.222 e. The van der Waals surface area contributed by atoms with Crippen molar-refractivity contribution >= 4 is 5.91 Å². The zero-order chi connectivity index (χ0) is 13.8. The van der Waals surface area contributed by atoms with E-state index in [2.05, 4.69) is 11.8 Å². The summed E-state index contributed by atoms with van der Waals surface area (Å²) in [5, 5.41) is 0. The van der Waals surface area contributed by atoms with Gasteiger partial charge in [0, 0.05) is 19.5 Å². The summed E-state index contributed by atoms with van der Waals surface area (Å²) >= 11 is 0. The maximum Gasteiger partial charge on any atom is 0.222 e. The van der Waals surface area contributed by atoms with Gasteiger partial charge in [0.15, 0.2) is 0 Å². The van der Waals surface area contributed by atoms with Gasteiger partial charge in [-0.3, -0.25) is 4.79 Å². The summed E-state index contributed by atoms with van der Waals surface area (Å²) in [6, 6.07) is 0. The molecule has 2 heteroatoms. The number of amides is 1. The van der Waals surface area contributed by atoms with E-state index in [1.165, 1.54) is 70.6 Å². The van der Waals surface area contributed by atoms with E-state index >= 15 is 0 Å². The zero-order valence-corrected chi connectivity index (χ0v) is 13.0. The quantitative estimate of drug-likeness (QED) is 0.600. The van der Waals surface area contributed by atoms with Crippen LogP contribution in [-0.4, -0.2) is 23.9 Å². The molecular weight excluding hydrogens is 234 g/mol. The van der Waals surface area contributed by atoms with Crippen LogP contribution in [-0.2, 0) is 4.79 Å². The van der Waals surface area contributed by atoms with Crippen molar-refractivity contribution in [1.82, 2.24) is 4.90 Å². The molecule has 1 amide bonds. The molecule has 0 N–H and O–H groups in total. The Morgan fingerprint density at radius 1 is 0.842 bits per heavy atom. The Bertz CT molecular complexity index is 227. The first-order valence-corrected chi connectivity index (χ1v) is 8.62. The number of nitrogens with zero attached hydrogens (tertiary/aromatic N) is 1. The van der Waals surface area contributed by atoms with Crippen molar-refractivity contribution in [2.45, 2.75) is 90.4 Å². The molecule has 19 heavy (non-hydrogen) atoms. The minimum Gasteiger partial charge on any atom is -0.343 e. The Balaban J connectivity index is 2.17. The average molecular weight is 267 g/mol. The van der Waals surface area contributed by atoms with Gasteiger partial charge in [0.1, 0.15) is 0 Å². The van der Waals surface area contributed by atoms with Gasteiger partial charge in [-0.25, -0.2) is 0 Å². The maximum absolute atomic E-state index is 12.1. The summed E-state index contributed by atoms with van der Waals surface area (Å²) in [4.78, 5) is 14.3. The molecule has 0 bridgehead atoms. The molecule has 0 radical (unpaired) electrons. The summed E-state index contributed by atoms with van der Waals surface area (Å²) < 4.78 is 0. The lowest BCUT2D eigenvalue weighted by molar-refractivity contribution is -0.131. The molecule has 0 spiro atoms. The number of unbranched alkanes of at least 4 members (excludes halogenated alkanes) is 5. The maximum atomic E-state index is 12.1. The average Bonchev–Trinajstić information content (AvgIpc) is 2.43. The summed E-state index contributed by atoms with van der Waals surface area (Å²) in [6.07, 6.45) is 16.2. The molecule has 0 aromatic heterocycles. The predicted molar refractivity (Wildman–Crippen MR) is 82.3 cm³/mol. The molecule has 1 saturated heterocycles. The van der Waals surface area contributed by atoms with E-state index in [9.17, 15) is 4.79 Å². The predicted octanol–water partition coefficient (Wildman–Crippen LogP) is 4.92. The molecule has 0 aromatic carbocycles. The van der Waals surface area contributed by atoms with Crippen LogP contribution in [0.2, 0.25) is 0 Å². The molecule has 1 heterocycles. The van der Waals surface area contributed by atoms with E-state index in [0.29, 0.717) is 5.91 Å². The minimum atomic E-state index is 0.412. The molecule has 2 nitrogen and oxygen atoms in total. The highest BCUT2D eigenvalue weighted by Gasteiger charge is 2.13. The largest absolute Gasteiger partial charge is 0.343 e. The van der Waals surface area contributed by atoms with Crippen molar-refractivity contribution in [3.8, 4) is 0 Å². The fourth-order valence-corrected chi connectivity index (χ4v) is 2.89. The van der Waals surface area contributed by atoms with Crippen molar-refractivity contribution in [2.24, 2.45) is 0 Å². The van der Waals surface area contributed by atoms with Gasteiger partial charge >= 0.3 is 0 Å². The molecule has 1 aliphatic rings. The van der Waals surface area contributed by atoms with Crippen molar-refractivity contribution in [3.63, 3.8) is 0 Å². The molecule has 1 rings (SSSR count). The summed E-state index contributed by atoms with van der Waals surface area (Å²) in [5.74, 6) is 0.412. The highest BCUT2D eigenvalue weighted by molar-refractivity contribution is 5.76. The summed E-state index contributed by atoms with van der Waals surface area (Å²) in [5.41, 5.74) is 0. The lowest BCUT2D eigenvalue weighted by Crippen LogP contribution is -2.33. The summed E-state index contributed by atoms with van der Waals surface area (Å²) in [6.45, 7) is 4.27. The second kappa shape index (κ2) is 11.3. The normalized spacial score (nSPS) is 18.6. The van der Waals surface area contributed by atoms with Crippen molar-refractivity contribution < 1.29 is 4.79 Å². The van der Waals surface area contributed by atoms with E-state index in [1.807, 2.05) is 0 Å². The van der Waals surface area contributed by atoms with E-state index in [4.69, 9.17) is 0 Å². The van der Waals surface area contributed by atoms with Gasteiger partial charge in [-0.1, -0.05) is 64.7 Å². The van der Waals surface area contributed by atoms with Gasteiger partial charge in [0.25, 0.3) is 0 Å². The standard InChI is InChI=1S/C17H33NO/c1-2-3-4-5-9-12-15-18-16-13-10-7-6-8-11-14-17(18)19/h2-16H2,1H3. The third kappa shape index (κ3) is 8.28. The van der Waals surface area contributed by atoms with Crippen molar-refractivity contribution in [3.05, 3.63) is 0 Å². The summed E-state index contributed by atoms with van der Waals surface area (Å²) in [7, 11) is 0. The van der Waals surface area contributed by atoms with Gasteiger partial charge < -0.3 is 4.90 Å². The van der Waals surface area contributed by atoms with E-state index in [1.54, 1.807) is 0 Å². The van der Waals surface area contributed by atoms with Gasteiger partial charge in [0.05, 0.1) is 0 Å². The van der Waals surface area contributed by atoms with E-state index < -0.39 is 0 Å². The molecule has 0 unspecified atom stereocenters. The SMILES string of the molecule is CCCCCCCCN1CCCCCCCCC1=O.